The minimum Gasteiger partial charge on any atom is -0.477 e. The summed E-state index contributed by atoms with van der Waals surface area (Å²) in [5.41, 5.74) is 0.745. The quantitative estimate of drug-likeness (QED) is 0.845. The number of carbonyl (C=O) groups excluding carboxylic acids is 1. The van der Waals surface area contributed by atoms with Crippen LogP contribution in [0.1, 0.15) is 29.9 Å². The fourth-order valence-corrected chi connectivity index (χ4v) is 1.19. The van der Waals surface area contributed by atoms with E-state index in [1.54, 1.807) is 18.0 Å². The molecule has 1 aromatic heterocycles. The van der Waals surface area contributed by atoms with Crippen molar-refractivity contribution >= 4 is 12.0 Å². The molecule has 1 rings (SSSR count). The lowest BCUT2D eigenvalue weighted by Gasteiger charge is -2.21. The maximum atomic E-state index is 11.6. The lowest BCUT2D eigenvalue weighted by molar-refractivity contribution is 0.0690. The van der Waals surface area contributed by atoms with Gasteiger partial charge in [-0.05, 0) is 25.5 Å². The molecule has 1 aromatic rings. The Kier molecular flexibility index (Phi) is 4.65. The van der Waals surface area contributed by atoms with E-state index in [1.807, 2.05) is 13.8 Å². The van der Waals surface area contributed by atoms with E-state index in [4.69, 9.17) is 5.11 Å². The number of aromatic nitrogens is 1. The van der Waals surface area contributed by atoms with Crippen molar-refractivity contribution < 1.29 is 14.7 Å². The molecule has 0 spiro atoms. The van der Waals surface area contributed by atoms with Gasteiger partial charge in [0.2, 0.25) is 0 Å². The van der Waals surface area contributed by atoms with Gasteiger partial charge in [0.05, 0.1) is 0 Å². The van der Waals surface area contributed by atoms with E-state index < -0.39 is 5.97 Å². The number of nitrogens with one attached hydrogen (secondary N) is 1. The molecule has 2 N–H and O–H groups in total. The minimum atomic E-state index is -1.06. The molecule has 0 unspecified atom stereocenters. The van der Waals surface area contributed by atoms with Crippen molar-refractivity contribution in [2.45, 2.75) is 26.4 Å². The second kappa shape index (κ2) is 6.00. The number of carbonyl (C=O) groups is 2. The molecule has 0 radical (unpaired) electrons. The van der Waals surface area contributed by atoms with Crippen LogP contribution in [0.25, 0.3) is 0 Å². The molecule has 98 valence electrons. The third-order valence-electron chi connectivity index (χ3n) is 2.58. The molecule has 0 aliphatic carbocycles. The third-order valence-corrected chi connectivity index (χ3v) is 2.58. The average Bonchev–Trinajstić information content (AvgIpc) is 2.35. The summed E-state index contributed by atoms with van der Waals surface area (Å²) in [6.07, 6.45) is 1.44. The Morgan fingerprint density at radius 3 is 2.56 bits per heavy atom. The maximum absolute atomic E-state index is 11.6. The van der Waals surface area contributed by atoms with E-state index in [2.05, 4.69) is 10.3 Å². The van der Waals surface area contributed by atoms with Crippen LogP contribution in [0.4, 0.5) is 4.79 Å². The van der Waals surface area contributed by atoms with Gasteiger partial charge in [-0.25, -0.2) is 14.6 Å². The zero-order valence-corrected chi connectivity index (χ0v) is 10.7. The molecule has 6 nitrogen and oxygen atoms in total. The number of nitrogens with zero attached hydrogens (tertiary/aromatic N) is 2. The number of amides is 2. The molecule has 0 saturated heterocycles. The molecule has 1 heterocycles. The van der Waals surface area contributed by atoms with Crippen LogP contribution in [0.5, 0.6) is 0 Å². The number of carboxylic acid groups (broad SMARTS) is 1. The summed E-state index contributed by atoms with van der Waals surface area (Å²) in [6, 6.07) is 2.99. The highest BCUT2D eigenvalue weighted by Gasteiger charge is 2.11. The fraction of sp³-hybridized carbons (Fsp3) is 0.417. The zero-order chi connectivity index (χ0) is 13.7. The van der Waals surface area contributed by atoms with Gasteiger partial charge < -0.3 is 15.3 Å². The highest BCUT2D eigenvalue weighted by molar-refractivity contribution is 5.85. The Morgan fingerprint density at radius 1 is 1.44 bits per heavy atom. The van der Waals surface area contributed by atoms with Crippen LogP contribution in [-0.4, -0.2) is 40.1 Å². The Labute approximate surface area is 106 Å². The Balaban J connectivity index is 2.54. The first-order valence-electron chi connectivity index (χ1n) is 5.60. The van der Waals surface area contributed by atoms with Gasteiger partial charge in [-0.3, -0.25) is 0 Å². The van der Waals surface area contributed by atoms with Gasteiger partial charge in [-0.15, -0.1) is 0 Å². The van der Waals surface area contributed by atoms with Crippen molar-refractivity contribution in [3.8, 4) is 0 Å². The SMILES string of the molecule is CC(C)N(C)C(=O)NCc1ccc(C(=O)O)nc1. The predicted molar refractivity (Wildman–Crippen MR) is 66.3 cm³/mol. The first-order chi connectivity index (χ1) is 8.41. The summed E-state index contributed by atoms with van der Waals surface area (Å²) in [4.78, 5) is 27.6. The first kappa shape index (κ1) is 14.0. The molecular weight excluding hydrogens is 234 g/mol. The number of rotatable bonds is 4. The minimum absolute atomic E-state index is 0.00984. The summed E-state index contributed by atoms with van der Waals surface area (Å²) >= 11 is 0. The van der Waals surface area contributed by atoms with E-state index in [9.17, 15) is 9.59 Å². The van der Waals surface area contributed by atoms with Crippen LogP contribution in [0.3, 0.4) is 0 Å². The van der Waals surface area contributed by atoms with Crippen molar-refractivity contribution in [3.63, 3.8) is 0 Å². The van der Waals surface area contributed by atoms with Crippen LogP contribution >= 0.6 is 0 Å². The van der Waals surface area contributed by atoms with Gasteiger partial charge in [0, 0.05) is 25.8 Å². The van der Waals surface area contributed by atoms with Crippen molar-refractivity contribution in [2.24, 2.45) is 0 Å². The predicted octanol–water partition coefficient (Wildman–Crippen LogP) is 1.33. The summed E-state index contributed by atoms with van der Waals surface area (Å²) in [5, 5.41) is 11.4. The largest absolute Gasteiger partial charge is 0.477 e. The fourth-order valence-electron chi connectivity index (χ4n) is 1.19. The van der Waals surface area contributed by atoms with Crippen LogP contribution < -0.4 is 5.32 Å². The number of carboxylic acids is 1. The monoisotopic (exact) mass is 251 g/mol. The standard InChI is InChI=1S/C12H17N3O3/c1-8(2)15(3)12(18)14-7-9-4-5-10(11(16)17)13-6-9/h4-6,8H,7H2,1-3H3,(H,14,18)(H,16,17). The zero-order valence-electron chi connectivity index (χ0n) is 10.7. The summed E-state index contributed by atoms with van der Waals surface area (Å²) < 4.78 is 0. The second-order valence-corrected chi connectivity index (χ2v) is 4.22. The van der Waals surface area contributed by atoms with Gasteiger partial charge in [-0.2, -0.15) is 0 Å². The van der Waals surface area contributed by atoms with E-state index in [-0.39, 0.29) is 17.8 Å². The smallest absolute Gasteiger partial charge is 0.354 e. The topological polar surface area (TPSA) is 82.5 Å². The molecule has 18 heavy (non-hydrogen) atoms. The summed E-state index contributed by atoms with van der Waals surface area (Å²) in [6.45, 7) is 4.16. The van der Waals surface area contributed by atoms with Gasteiger partial charge in [0.15, 0.2) is 0 Å². The summed E-state index contributed by atoms with van der Waals surface area (Å²) in [5.74, 6) is -1.06. The van der Waals surface area contributed by atoms with Crippen LogP contribution in [0.2, 0.25) is 0 Å². The van der Waals surface area contributed by atoms with Crippen LogP contribution in [0.15, 0.2) is 18.3 Å². The number of pyridine rings is 1. The molecule has 0 bridgehead atoms. The third kappa shape index (κ3) is 3.73. The highest BCUT2D eigenvalue weighted by Crippen LogP contribution is 2.01. The Bertz CT molecular complexity index is 429. The van der Waals surface area contributed by atoms with Gasteiger partial charge in [0.1, 0.15) is 5.69 Å². The molecule has 0 atom stereocenters. The number of urea groups is 1. The molecular formula is C12H17N3O3. The first-order valence-corrected chi connectivity index (χ1v) is 5.60. The molecule has 0 saturated carbocycles. The molecule has 0 aromatic carbocycles. The lowest BCUT2D eigenvalue weighted by atomic mass is 10.2. The maximum Gasteiger partial charge on any atom is 0.354 e. The number of aromatic carboxylic acids is 1. The molecule has 6 heteroatoms. The highest BCUT2D eigenvalue weighted by atomic mass is 16.4. The van der Waals surface area contributed by atoms with Crippen molar-refractivity contribution in [1.82, 2.24) is 15.2 Å². The Hall–Kier alpha value is -2.11. The molecule has 0 aliphatic heterocycles. The summed E-state index contributed by atoms with van der Waals surface area (Å²) in [7, 11) is 1.71. The van der Waals surface area contributed by atoms with Crippen molar-refractivity contribution in [1.29, 1.82) is 0 Å². The van der Waals surface area contributed by atoms with Crippen molar-refractivity contribution in [2.75, 3.05) is 7.05 Å². The number of hydrogen-bond donors (Lipinski definition) is 2. The van der Waals surface area contributed by atoms with E-state index in [0.717, 1.165) is 5.56 Å². The van der Waals surface area contributed by atoms with Crippen molar-refractivity contribution in [3.05, 3.63) is 29.6 Å². The number of hydrogen-bond acceptors (Lipinski definition) is 3. The van der Waals surface area contributed by atoms with Crippen LogP contribution in [0, 0.1) is 0 Å². The van der Waals surface area contributed by atoms with Gasteiger partial charge in [-0.1, -0.05) is 6.07 Å². The second-order valence-electron chi connectivity index (χ2n) is 4.22. The van der Waals surface area contributed by atoms with Crippen LogP contribution in [-0.2, 0) is 6.54 Å². The lowest BCUT2D eigenvalue weighted by Crippen LogP contribution is -2.40. The molecule has 2 amide bonds. The van der Waals surface area contributed by atoms with E-state index in [1.165, 1.54) is 12.3 Å². The van der Waals surface area contributed by atoms with E-state index in [0.29, 0.717) is 6.54 Å². The average molecular weight is 251 g/mol. The van der Waals surface area contributed by atoms with Gasteiger partial charge >= 0.3 is 12.0 Å². The molecule has 0 aliphatic rings. The Morgan fingerprint density at radius 2 is 2.11 bits per heavy atom. The molecule has 0 fully saturated rings. The van der Waals surface area contributed by atoms with Gasteiger partial charge in [0.25, 0.3) is 0 Å². The normalized spacial score (nSPS) is 10.2. The van der Waals surface area contributed by atoms with E-state index >= 15 is 0 Å².